The van der Waals surface area contributed by atoms with Crippen LogP contribution in [0.5, 0.6) is 0 Å². The molecule has 0 radical (unpaired) electrons. The van der Waals surface area contributed by atoms with Gasteiger partial charge in [0.25, 0.3) is 6.47 Å². The van der Waals surface area contributed by atoms with Crippen molar-refractivity contribution < 1.29 is 39.4 Å². The van der Waals surface area contributed by atoms with E-state index in [1.54, 1.807) is 11.5 Å². The summed E-state index contributed by atoms with van der Waals surface area (Å²) >= 11 is 0. The van der Waals surface area contributed by atoms with E-state index in [9.17, 15) is 30.0 Å². The van der Waals surface area contributed by atoms with E-state index in [1.807, 2.05) is 4.90 Å². The Labute approximate surface area is 250 Å². The molecule has 0 spiro atoms. The van der Waals surface area contributed by atoms with Gasteiger partial charge in [-0.25, -0.2) is 19.7 Å². The number of fused-ring (bicyclic) bond motifs is 1. The second kappa shape index (κ2) is 13.6. The smallest absolute Gasteiger partial charge is 0.351 e. The number of rotatable bonds is 13. The Balaban J connectivity index is 1.32. The number of aliphatic hydroxyl groups excluding tert-OH is 4. The quantitative estimate of drug-likeness (QED) is 0.0819. The summed E-state index contributed by atoms with van der Waals surface area (Å²) < 4.78 is 19.3. The highest BCUT2D eigenvalue weighted by atomic mass is 16.6. The molecule has 5 heterocycles. The number of imidazole rings is 1. The van der Waals surface area contributed by atoms with Crippen LogP contribution in [0.15, 0.2) is 23.6 Å². The van der Waals surface area contributed by atoms with Crippen molar-refractivity contribution in [2.75, 3.05) is 32.0 Å². The van der Waals surface area contributed by atoms with Gasteiger partial charge in [0.1, 0.15) is 48.3 Å². The third-order valence-electron chi connectivity index (χ3n) is 8.00. The fraction of sp³-hybridized carbons (Fsp3) is 0.615. The average Bonchev–Trinajstić information content (AvgIpc) is 3.67. The first-order chi connectivity index (χ1) is 21.1. The first-order valence-corrected chi connectivity index (χ1v) is 14.2. The number of nitrogens with two attached hydrogens (primary N) is 2. The van der Waals surface area contributed by atoms with Crippen LogP contribution in [0.4, 0.5) is 5.82 Å². The number of hydrogen-bond acceptors (Lipinski definition) is 16. The lowest BCUT2D eigenvalue weighted by Gasteiger charge is -2.27. The summed E-state index contributed by atoms with van der Waals surface area (Å²) in [5, 5.41) is 41.4. The van der Waals surface area contributed by atoms with E-state index in [0.717, 1.165) is 0 Å². The molecule has 44 heavy (non-hydrogen) atoms. The van der Waals surface area contributed by atoms with Crippen LogP contribution in [-0.4, -0.2) is 124 Å². The summed E-state index contributed by atoms with van der Waals surface area (Å²) in [6.07, 6.45) is -2.83. The number of ether oxygens (including phenoxy) is 3. The van der Waals surface area contributed by atoms with Crippen molar-refractivity contribution in [1.29, 1.82) is 0 Å². The Hall–Kier alpha value is -3.62. The summed E-state index contributed by atoms with van der Waals surface area (Å²) in [5.41, 5.74) is 13.5. The van der Waals surface area contributed by atoms with Crippen LogP contribution in [0.25, 0.3) is 11.2 Å². The van der Waals surface area contributed by atoms with Gasteiger partial charge in [-0.2, -0.15) is 4.98 Å². The Morgan fingerprint density at radius 2 is 1.95 bits per heavy atom. The SMILES string of the molecule is Cc1ncnc2c1ncn2[C@@H]1O[C@H](CN(CCc2cn([C@H]3C[C@H](O)[C@@H](CO)O3)c(=O)nc2N)CC[C@H](N)OC=O)[C@@H](O)[C@H]1O. The Kier molecular flexibility index (Phi) is 9.81. The van der Waals surface area contributed by atoms with Gasteiger partial charge in [-0.3, -0.25) is 19.7 Å². The molecule has 0 saturated carbocycles. The van der Waals surface area contributed by atoms with Crippen LogP contribution in [0.1, 0.15) is 36.6 Å². The molecule has 2 aliphatic heterocycles. The highest BCUT2D eigenvalue weighted by Gasteiger charge is 2.45. The summed E-state index contributed by atoms with van der Waals surface area (Å²) in [6, 6.07) is 0. The molecule has 18 heteroatoms. The van der Waals surface area contributed by atoms with E-state index in [4.69, 9.17) is 25.7 Å². The molecule has 0 aliphatic carbocycles. The van der Waals surface area contributed by atoms with Crippen molar-refractivity contribution in [3.63, 3.8) is 0 Å². The minimum absolute atomic E-state index is 0.0151. The summed E-state index contributed by atoms with van der Waals surface area (Å²) in [6.45, 7) is 2.42. The van der Waals surface area contributed by atoms with Gasteiger partial charge in [-0.05, 0) is 13.3 Å². The fourth-order valence-electron chi connectivity index (χ4n) is 5.51. The molecule has 240 valence electrons. The van der Waals surface area contributed by atoms with Gasteiger partial charge >= 0.3 is 5.69 Å². The number of hydrogen-bond donors (Lipinski definition) is 6. The molecule has 18 nitrogen and oxygen atoms in total. The van der Waals surface area contributed by atoms with E-state index in [2.05, 4.69) is 19.9 Å². The van der Waals surface area contributed by atoms with Gasteiger partial charge in [0.2, 0.25) is 0 Å². The number of nitrogens with zero attached hydrogens (tertiary/aromatic N) is 7. The standard InChI is InChI=1S/C26H37N9O9/c1-13-20-24(30-10-29-13)35(11-31-20)25-22(40)21(39)16(44-25)8-33(5-3-18(27)42-12-37)4-2-14-7-34(26(41)32-23(14)28)19-6-15(38)17(9-36)43-19/h7,10-12,15-19,21-22,25,36,38-40H,2-6,8-9,27H2,1H3,(H2,28,32,41)/t15-,16+,17+,18+,19+,21+,22+,25+/m0/s1. The van der Waals surface area contributed by atoms with Crippen molar-refractivity contribution in [3.05, 3.63) is 40.6 Å². The van der Waals surface area contributed by atoms with Crippen molar-refractivity contribution in [1.82, 2.24) is 34.0 Å². The maximum absolute atomic E-state index is 12.6. The lowest BCUT2D eigenvalue weighted by Crippen LogP contribution is -2.42. The summed E-state index contributed by atoms with van der Waals surface area (Å²) in [4.78, 5) is 41.8. The largest absolute Gasteiger partial charge is 0.449 e. The molecular formula is C26H37N9O9. The number of nitrogen functional groups attached to an aromatic ring is 1. The maximum Gasteiger partial charge on any atom is 0.351 e. The Morgan fingerprint density at radius 1 is 1.16 bits per heavy atom. The first kappa shape index (κ1) is 31.8. The molecule has 0 unspecified atom stereocenters. The predicted octanol–water partition coefficient (Wildman–Crippen LogP) is -3.07. The van der Waals surface area contributed by atoms with Crippen molar-refractivity contribution in [3.8, 4) is 0 Å². The van der Waals surface area contributed by atoms with Crippen molar-refractivity contribution in [2.24, 2.45) is 5.73 Å². The number of aryl methyl sites for hydroxylation is 1. The molecule has 2 saturated heterocycles. The van der Waals surface area contributed by atoms with Crippen LogP contribution >= 0.6 is 0 Å². The van der Waals surface area contributed by atoms with Crippen LogP contribution in [0.3, 0.4) is 0 Å². The van der Waals surface area contributed by atoms with Crippen LogP contribution in [-0.2, 0) is 25.4 Å². The number of anilines is 1. The molecule has 0 bridgehead atoms. The second-order valence-electron chi connectivity index (χ2n) is 10.9. The molecule has 8 atom stereocenters. The third kappa shape index (κ3) is 6.57. The Bertz CT molecular complexity index is 1500. The summed E-state index contributed by atoms with van der Waals surface area (Å²) in [5.74, 6) is 0.0151. The molecule has 0 amide bonds. The van der Waals surface area contributed by atoms with Crippen molar-refractivity contribution in [2.45, 2.75) is 75.4 Å². The monoisotopic (exact) mass is 619 g/mol. The normalized spacial score (nSPS) is 27.8. The molecule has 2 aliphatic rings. The zero-order valence-corrected chi connectivity index (χ0v) is 24.0. The van der Waals surface area contributed by atoms with Crippen molar-refractivity contribution >= 4 is 23.5 Å². The van der Waals surface area contributed by atoms with E-state index in [-0.39, 0.29) is 31.7 Å². The highest BCUT2D eigenvalue weighted by molar-refractivity contribution is 5.72. The highest BCUT2D eigenvalue weighted by Crippen LogP contribution is 2.32. The topological polar surface area (TPSA) is 259 Å². The van der Waals surface area contributed by atoms with Crippen LogP contribution < -0.4 is 17.2 Å². The van der Waals surface area contributed by atoms with Gasteiger partial charge in [-0.15, -0.1) is 0 Å². The Morgan fingerprint density at radius 3 is 2.68 bits per heavy atom. The number of carbonyl (C=O) groups is 1. The molecule has 0 aromatic carbocycles. The van der Waals surface area contributed by atoms with Gasteiger partial charge in [-0.1, -0.05) is 0 Å². The van der Waals surface area contributed by atoms with Gasteiger partial charge in [0.15, 0.2) is 18.1 Å². The zero-order valence-electron chi connectivity index (χ0n) is 24.0. The van der Waals surface area contributed by atoms with Crippen LogP contribution in [0.2, 0.25) is 0 Å². The zero-order chi connectivity index (χ0) is 31.5. The lowest BCUT2D eigenvalue weighted by molar-refractivity contribution is -0.133. The minimum Gasteiger partial charge on any atom is -0.449 e. The van der Waals surface area contributed by atoms with E-state index < -0.39 is 61.5 Å². The van der Waals surface area contributed by atoms with Gasteiger partial charge in [0, 0.05) is 44.2 Å². The van der Waals surface area contributed by atoms with Crippen LogP contribution in [0, 0.1) is 6.92 Å². The predicted molar refractivity (Wildman–Crippen MR) is 150 cm³/mol. The van der Waals surface area contributed by atoms with E-state index >= 15 is 0 Å². The number of aromatic nitrogens is 6. The molecular weight excluding hydrogens is 582 g/mol. The molecule has 3 aromatic rings. The molecule has 5 rings (SSSR count). The first-order valence-electron chi connectivity index (χ1n) is 14.2. The molecule has 2 fully saturated rings. The number of aliphatic hydroxyl groups is 4. The summed E-state index contributed by atoms with van der Waals surface area (Å²) in [7, 11) is 0. The minimum atomic E-state index is -1.29. The van der Waals surface area contributed by atoms with Gasteiger partial charge < -0.3 is 45.3 Å². The second-order valence-corrected chi connectivity index (χ2v) is 10.9. The third-order valence-corrected chi connectivity index (χ3v) is 8.00. The van der Waals surface area contributed by atoms with E-state index in [1.165, 1.54) is 23.4 Å². The average molecular weight is 620 g/mol. The van der Waals surface area contributed by atoms with E-state index in [0.29, 0.717) is 41.9 Å². The molecule has 8 N–H and O–H groups in total. The maximum atomic E-state index is 12.6. The number of carbonyl (C=O) groups excluding carboxylic acids is 1. The lowest BCUT2D eigenvalue weighted by atomic mass is 10.1. The molecule has 3 aromatic heterocycles. The fourth-order valence-corrected chi connectivity index (χ4v) is 5.51. The van der Waals surface area contributed by atoms with Gasteiger partial charge in [0.05, 0.1) is 24.7 Å².